The zero-order valence-corrected chi connectivity index (χ0v) is 13.4. The molecular formula is C15H11Cl2FN2O3. The summed E-state index contributed by atoms with van der Waals surface area (Å²) < 4.78 is 17.8. The van der Waals surface area contributed by atoms with E-state index in [4.69, 9.17) is 27.9 Å². The Kier molecular flexibility index (Phi) is 5.52. The lowest BCUT2D eigenvalue weighted by Gasteiger charge is -2.09. The Bertz CT molecular complexity index is 768. The van der Waals surface area contributed by atoms with Gasteiger partial charge in [0.05, 0.1) is 21.3 Å². The van der Waals surface area contributed by atoms with Gasteiger partial charge in [0.2, 0.25) is 0 Å². The van der Waals surface area contributed by atoms with E-state index in [0.29, 0.717) is 10.7 Å². The minimum atomic E-state index is -0.814. The van der Waals surface area contributed by atoms with Crippen LogP contribution in [0.4, 0.5) is 10.2 Å². The molecule has 0 aliphatic rings. The lowest BCUT2D eigenvalue weighted by Crippen LogP contribution is -2.21. The first-order valence-electron chi connectivity index (χ1n) is 6.42. The Morgan fingerprint density at radius 2 is 2.00 bits per heavy atom. The van der Waals surface area contributed by atoms with Gasteiger partial charge in [-0.15, -0.1) is 0 Å². The van der Waals surface area contributed by atoms with E-state index in [2.05, 4.69) is 10.3 Å². The Hall–Kier alpha value is -2.18. The number of benzene rings is 1. The molecule has 2 rings (SSSR count). The van der Waals surface area contributed by atoms with Crippen LogP contribution in [0.15, 0.2) is 30.3 Å². The van der Waals surface area contributed by atoms with Gasteiger partial charge in [0.15, 0.2) is 12.4 Å². The standard InChI is InChI=1S/C15H11Cl2FN2O3/c1-8-11(16)6-12(17)14(19-8)20-13(21)7-23-15(22)9-3-2-4-10(18)5-9/h2-6H,7H2,1H3,(H,19,20,21). The summed E-state index contributed by atoms with van der Waals surface area (Å²) in [4.78, 5) is 27.5. The van der Waals surface area contributed by atoms with Crippen LogP contribution in [0.25, 0.3) is 0 Å². The smallest absolute Gasteiger partial charge is 0.338 e. The van der Waals surface area contributed by atoms with Gasteiger partial charge < -0.3 is 10.1 Å². The number of hydrogen-bond donors (Lipinski definition) is 1. The van der Waals surface area contributed by atoms with Crippen molar-refractivity contribution in [3.63, 3.8) is 0 Å². The molecule has 0 saturated heterocycles. The number of nitrogens with zero attached hydrogens (tertiary/aromatic N) is 1. The molecule has 0 aliphatic carbocycles. The van der Waals surface area contributed by atoms with E-state index >= 15 is 0 Å². The van der Waals surface area contributed by atoms with Crippen molar-refractivity contribution in [2.75, 3.05) is 11.9 Å². The first-order valence-corrected chi connectivity index (χ1v) is 7.17. The van der Waals surface area contributed by atoms with Crippen LogP contribution in [0.1, 0.15) is 16.1 Å². The van der Waals surface area contributed by atoms with Crippen molar-refractivity contribution in [2.24, 2.45) is 0 Å². The maximum atomic E-state index is 13.0. The number of nitrogens with one attached hydrogen (secondary N) is 1. The molecule has 1 heterocycles. The third kappa shape index (κ3) is 4.64. The van der Waals surface area contributed by atoms with Gasteiger partial charge in [-0.05, 0) is 31.2 Å². The molecule has 1 aromatic heterocycles. The lowest BCUT2D eigenvalue weighted by molar-refractivity contribution is -0.119. The second-order valence-corrected chi connectivity index (χ2v) is 5.34. The van der Waals surface area contributed by atoms with Gasteiger partial charge in [-0.25, -0.2) is 14.2 Å². The van der Waals surface area contributed by atoms with Crippen molar-refractivity contribution < 1.29 is 18.7 Å². The fourth-order valence-corrected chi connectivity index (χ4v) is 2.05. The molecule has 1 amide bonds. The highest BCUT2D eigenvalue weighted by molar-refractivity contribution is 6.36. The number of pyridine rings is 1. The molecule has 120 valence electrons. The molecule has 8 heteroatoms. The molecule has 0 unspecified atom stereocenters. The second kappa shape index (κ2) is 7.39. The van der Waals surface area contributed by atoms with E-state index < -0.39 is 24.3 Å². The Balaban J connectivity index is 1.95. The van der Waals surface area contributed by atoms with E-state index in [0.717, 1.165) is 6.07 Å². The largest absolute Gasteiger partial charge is 0.452 e. The third-order valence-corrected chi connectivity index (χ3v) is 3.43. The lowest BCUT2D eigenvalue weighted by atomic mass is 10.2. The third-order valence-electron chi connectivity index (χ3n) is 2.76. The van der Waals surface area contributed by atoms with Crippen molar-refractivity contribution in [1.29, 1.82) is 0 Å². The summed E-state index contributed by atoms with van der Waals surface area (Å²) in [5.41, 5.74) is 0.499. The number of aryl methyl sites for hydroxylation is 1. The molecule has 23 heavy (non-hydrogen) atoms. The van der Waals surface area contributed by atoms with E-state index in [1.807, 2.05) is 0 Å². The van der Waals surface area contributed by atoms with Crippen LogP contribution in [0.5, 0.6) is 0 Å². The zero-order chi connectivity index (χ0) is 17.0. The van der Waals surface area contributed by atoms with E-state index in [-0.39, 0.29) is 16.4 Å². The fourth-order valence-electron chi connectivity index (χ4n) is 1.64. The monoisotopic (exact) mass is 356 g/mol. The number of rotatable bonds is 4. The highest BCUT2D eigenvalue weighted by Gasteiger charge is 2.13. The topological polar surface area (TPSA) is 68.3 Å². The van der Waals surface area contributed by atoms with Gasteiger partial charge in [-0.2, -0.15) is 0 Å². The van der Waals surface area contributed by atoms with Crippen molar-refractivity contribution in [1.82, 2.24) is 4.98 Å². The summed E-state index contributed by atoms with van der Waals surface area (Å²) in [7, 11) is 0. The summed E-state index contributed by atoms with van der Waals surface area (Å²) in [6.45, 7) is 1.09. The molecular weight excluding hydrogens is 346 g/mol. The predicted octanol–water partition coefficient (Wildman–Crippen LogP) is 3.63. The number of hydrogen-bond acceptors (Lipinski definition) is 4. The number of ether oxygens (including phenoxy) is 1. The molecule has 0 bridgehead atoms. The number of carbonyl (C=O) groups is 2. The van der Waals surface area contributed by atoms with Crippen LogP contribution in [0, 0.1) is 12.7 Å². The molecule has 0 saturated carbocycles. The van der Waals surface area contributed by atoms with Gasteiger partial charge in [0, 0.05) is 0 Å². The van der Waals surface area contributed by atoms with Gasteiger partial charge in [0.1, 0.15) is 5.82 Å². The summed E-state index contributed by atoms with van der Waals surface area (Å²) >= 11 is 11.8. The predicted molar refractivity (Wildman–Crippen MR) is 84.3 cm³/mol. The normalized spacial score (nSPS) is 10.3. The highest BCUT2D eigenvalue weighted by atomic mass is 35.5. The van der Waals surface area contributed by atoms with Crippen LogP contribution >= 0.6 is 23.2 Å². The second-order valence-electron chi connectivity index (χ2n) is 4.52. The number of amides is 1. The Morgan fingerprint density at radius 3 is 2.70 bits per heavy atom. The van der Waals surface area contributed by atoms with Crippen molar-refractivity contribution >= 4 is 40.9 Å². The van der Waals surface area contributed by atoms with Crippen LogP contribution in [0.2, 0.25) is 10.0 Å². The van der Waals surface area contributed by atoms with E-state index in [1.165, 1.54) is 24.3 Å². The number of aromatic nitrogens is 1. The van der Waals surface area contributed by atoms with E-state index in [9.17, 15) is 14.0 Å². The number of halogens is 3. The van der Waals surface area contributed by atoms with Gasteiger partial charge in [0.25, 0.3) is 5.91 Å². The highest BCUT2D eigenvalue weighted by Crippen LogP contribution is 2.25. The Labute approximate surface area is 141 Å². The number of carbonyl (C=O) groups excluding carboxylic acids is 2. The molecule has 2 aromatic rings. The SMILES string of the molecule is Cc1nc(NC(=O)COC(=O)c2cccc(F)c2)c(Cl)cc1Cl. The summed E-state index contributed by atoms with van der Waals surface area (Å²) in [6, 6.07) is 6.40. The molecule has 0 aliphatic heterocycles. The quantitative estimate of drug-likeness (QED) is 0.849. The van der Waals surface area contributed by atoms with Gasteiger partial charge in [-0.3, -0.25) is 4.79 Å². The summed E-state index contributed by atoms with van der Waals surface area (Å²) in [6.07, 6.45) is 0. The number of esters is 1. The minimum absolute atomic E-state index is 0.0105. The summed E-state index contributed by atoms with van der Waals surface area (Å²) in [5.74, 6) is -1.91. The first kappa shape index (κ1) is 17.2. The van der Waals surface area contributed by atoms with Crippen LogP contribution in [-0.4, -0.2) is 23.5 Å². The average molecular weight is 357 g/mol. The average Bonchev–Trinajstić information content (AvgIpc) is 2.50. The molecule has 0 radical (unpaired) electrons. The van der Waals surface area contributed by atoms with E-state index in [1.54, 1.807) is 6.92 Å². The molecule has 0 atom stereocenters. The fraction of sp³-hybridized carbons (Fsp3) is 0.133. The molecule has 5 nitrogen and oxygen atoms in total. The maximum absolute atomic E-state index is 13.0. The van der Waals surface area contributed by atoms with Crippen LogP contribution in [0.3, 0.4) is 0 Å². The van der Waals surface area contributed by atoms with Gasteiger partial charge >= 0.3 is 5.97 Å². The van der Waals surface area contributed by atoms with Crippen LogP contribution in [-0.2, 0) is 9.53 Å². The molecule has 1 aromatic carbocycles. The number of anilines is 1. The van der Waals surface area contributed by atoms with Crippen molar-refractivity contribution in [2.45, 2.75) is 6.92 Å². The molecule has 0 spiro atoms. The minimum Gasteiger partial charge on any atom is -0.452 e. The van der Waals surface area contributed by atoms with Crippen molar-refractivity contribution in [3.05, 3.63) is 57.5 Å². The van der Waals surface area contributed by atoms with Crippen molar-refractivity contribution in [3.8, 4) is 0 Å². The van der Waals surface area contributed by atoms with Gasteiger partial charge in [-0.1, -0.05) is 29.3 Å². The maximum Gasteiger partial charge on any atom is 0.338 e. The first-order chi connectivity index (χ1) is 10.9. The van der Waals surface area contributed by atoms with Crippen LogP contribution < -0.4 is 5.32 Å². The Morgan fingerprint density at radius 1 is 1.26 bits per heavy atom. The zero-order valence-electron chi connectivity index (χ0n) is 11.9. The summed E-state index contributed by atoms with van der Waals surface area (Å²) in [5, 5.41) is 2.93. The molecule has 1 N–H and O–H groups in total. The molecule has 0 fully saturated rings.